The largest absolute Gasteiger partial charge is 0.392 e. The maximum atomic E-state index is 13.0. The van der Waals surface area contributed by atoms with Crippen LogP contribution in [0.4, 0.5) is 13.2 Å². The van der Waals surface area contributed by atoms with Crippen molar-refractivity contribution in [3.63, 3.8) is 0 Å². The zero-order valence-corrected chi connectivity index (χ0v) is 10.5. The number of benzene rings is 1. The molecule has 2 atom stereocenters. The van der Waals surface area contributed by atoms with Crippen LogP contribution >= 0.6 is 0 Å². The van der Waals surface area contributed by atoms with Gasteiger partial charge >= 0.3 is 0 Å². The molecule has 0 heterocycles. The minimum absolute atomic E-state index is 0.284. The Hall–Kier alpha value is -1.56. The Labute approximate surface area is 108 Å². The molecule has 2 rings (SSSR count). The molecule has 0 aromatic heterocycles. The minimum Gasteiger partial charge on any atom is -0.392 e. The van der Waals surface area contributed by atoms with E-state index in [-0.39, 0.29) is 11.6 Å². The highest BCUT2D eigenvalue weighted by atomic mass is 19.2. The monoisotopic (exact) mass is 273 g/mol. The molecule has 3 nitrogen and oxygen atoms in total. The number of aliphatic hydroxyl groups excluding tert-OH is 1. The van der Waals surface area contributed by atoms with Crippen LogP contribution in [0.5, 0.6) is 0 Å². The van der Waals surface area contributed by atoms with Crippen molar-refractivity contribution >= 4 is 5.91 Å². The van der Waals surface area contributed by atoms with Crippen molar-refractivity contribution in [2.24, 2.45) is 5.41 Å². The third-order valence-electron chi connectivity index (χ3n) is 3.77. The van der Waals surface area contributed by atoms with Crippen LogP contribution in [0.15, 0.2) is 12.1 Å². The Morgan fingerprint density at radius 3 is 2.26 bits per heavy atom. The number of hydrogen-bond acceptors (Lipinski definition) is 2. The molecular weight excluding hydrogens is 259 g/mol. The number of rotatable bonds is 2. The molecule has 1 aromatic rings. The standard InChI is InChI=1S/C13H14F3NO2/c1-13(2)9(5-10(13)18)17-12(19)6-3-7(14)11(16)8(15)4-6/h3-4,9-10,18H,5H2,1-2H3,(H,17,19). The molecule has 104 valence electrons. The molecule has 1 aliphatic rings. The predicted molar refractivity (Wildman–Crippen MR) is 62.0 cm³/mol. The first kappa shape index (κ1) is 13.9. The second-order valence-corrected chi connectivity index (χ2v) is 5.35. The van der Waals surface area contributed by atoms with Crippen molar-refractivity contribution in [2.45, 2.75) is 32.4 Å². The topological polar surface area (TPSA) is 49.3 Å². The molecule has 0 aliphatic heterocycles. The van der Waals surface area contributed by atoms with Crippen molar-refractivity contribution in [3.8, 4) is 0 Å². The van der Waals surface area contributed by atoms with Crippen LogP contribution in [0, 0.1) is 22.9 Å². The van der Waals surface area contributed by atoms with Gasteiger partial charge in [0, 0.05) is 17.0 Å². The zero-order valence-electron chi connectivity index (χ0n) is 10.5. The molecule has 1 amide bonds. The summed E-state index contributed by atoms with van der Waals surface area (Å²) in [5, 5.41) is 12.1. The number of halogens is 3. The highest BCUT2D eigenvalue weighted by molar-refractivity contribution is 5.94. The van der Waals surface area contributed by atoms with E-state index in [4.69, 9.17) is 0 Å². The summed E-state index contributed by atoms with van der Waals surface area (Å²) in [4.78, 5) is 11.8. The zero-order chi connectivity index (χ0) is 14.4. The van der Waals surface area contributed by atoms with Crippen LogP contribution in [-0.2, 0) is 0 Å². The van der Waals surface area contributed by atoms with Crippen LogP contribution in [0.2, 0.25) is 0 Å². The van der Waals surface area contributed by atoms with Crippen molar-refractivity contribution in [1.29, 1.82) is 0 Å². The summed E-state index contributed by atoms with van der Waals surface area (Å²) in [6, 6.07) is 1.01. The van der Waals surface area contributed by atoms with Gasteiger partial charge in [0.05, 0.1) is 6.10 Å². The first-order valence-corrected chi connectivity index (χ1v) is 5.87. The lowest BCUT2D eigenvalue weighted by molar-refractivity contribution is -0.0689. The second-order valence-electron chi connectivity index (χ2n) is 5.35. The van der Waals surface area contributed by atoms with Crippen molar-refractivity contribution in [1.82, 2.24) is 5.32 Å². The van der Waals surface area contributed by atoms with Crippen LogP contribution in [0.1, 0.15) is 30.6 Å². The van der Waals surface area contributed by atoms with Gasteiger partial charge in [0.25, 0.3) is 5.91 Å². The van der Waals surface area contributed by atoms with Gasteiger partial charge < -0.3 is 10.4 Å². The van der Waals surface area contributed by atoms with Crippen LogP contribution < -0.4 is 5.32 Å². The smallest absolute Gasteiger partial charge is 0.251 e. The Morgan fingerprint density at radius 2 is 1.84 bits per heavy atom. The first-order chi connectivity index (χ1) is 8.73. The lowest BCUT2D eigenvalue weighted by Crippen LogP contribution is -2.61. The molecule has 0 saturated heterocycles. The average molecular weight is 273 g/mol. The van der Waals surface area contributed by atoms with Gasteiger partial charge in [0.15, 0.2) is 17.5 Å². The fourth-order valence-electron chi connectivity index (χ4n) is 2.08. The Balaban J connectivity index is 2.14. The lowest BCUT2D eigenvalue weighted by atomic mass is 9.64. The van der Waals surface area contributed by atoms with E-state index in [1.54, 1.807) is 13.8 Å². The number of carbonyl (C=O) groups is 1. The van der Waals surface area contributed by atoms with Gasteiger partial charge in [-0.15, -0.1) is 0 Å². The van der Waals surface area contributed by atoms with E-state index in [1.165, 1.54) is 0 Å². The molecule has 6 heteroatoms. The van der Waals surface area contributed by atoms with Gasteiger partial charge in [0.1, 0.15) is 0 Å². The number of carbonyl (C=O) groups excluding carboxylic acids is 1. The lowest BCUT2D eigenvalue weighted by Gasteiger charge is -2.49. The van der Waals surface area contributed by atoms with Crippen LogP contribution in [0.3, 0.4) is 0 Å². The van der Waals surface area contributed by atoms with Crippen LogP contribution in [0.25, 0.3) is 0 Å². The summed E-state index contributed by atoms with van der Waals surface area (Å²) >= 11 is 0. The molecule has 2 N–H and O–H groups in total. The van der Waals surface area contributed by atoms with Crippen LogP contribution in [-0.4, -0.2) is 23.2 Å². The molecule has 1 aromatic carbocycles. The second kappa shape index (κ2) is 4.52. The summed E-state index contributed by atoms with van der Waals surface area (Å²) < 4.78 is 38.8. The minimum atomic E-state index is -1.60. The summed E-state index contributed by atoms with van der Waals surface area (Å²) in [5.41, 5.74) is -0.777. The molecular formula is C13H14F3NO2. The molecule has 0 spiro atoms. The maximum Gasteiger partial charge on any atom is 0.251 e. The fraction of sp³-hybridized carbons (Fsp3) is 0.462. The van der Waals surface area contributed by atoms with Gasteiger partial charge in [-0.1, -0.05) is 13.8 Å². The Bertz CT molecular complexity index is 508. The molecule has 0 bridgehead atoms. The third kappa shape index (κ3) is 2.32. The van der Waals surface area contributed by atoms with E-state index in [9.17, 15) is 23.1 Å². The van der Waals surface area contributed by atoms with E-state index in [0.29, 0.717) is 18.6 Å². The quantitative estimate of drug-likeness (QED) is 0.810. The summed E-state index contributed by atoms with van der Waals surface area (Å²) in [6.45, 7) is 3.55. The van der Waals surface area contributed by atoms with E-state index >= 15 is 0 Å². The number of amides is 1. The average Bonchev–Trinajstić information content (AvgIpc) is 2.34. The van der Waals surface area contributed by atoms with Gasteiger partial charge in [-0.3, -0.25) is 4.79 Å². The molecule has 1 saturated carbocycles. The van der Waals surface area contributed by atoms with Gasteiger partial charge in [-0.05, 0) is 18.6 Å². The number of nitrogens with one attached hydrogen (secondary N) is 1. The number of aliphatic hydroxyl groups is 1. The SMILES string of the molecule is CC1(C)C(O)CC1NC(=O)c1cc(F)c(F)c(F)c1. The normalized spacial score (nSPS) is 24.7. The maximum absolute atomic E-state index is 13.0. The van der Waals surface area contributed by atoms with E-state index in [1.807, 2.05) is 0 Å². The molecule has 19 heavy (non-hydrogen) atoms. The molecule has 2 unspecified atom stereocenters. The third-order valence-corrected chi connectivity index (χ3v) is 3.77. The van der Waals surface area contributed by atoms with Gasteiger partial charge in [-0.2, -0.15) is 0 Å². The number of hydrogen-bond donors (Lipinski definition) is 2. The molecule has 1 fully saturated rings. The first-order valence-electron chi connectivity index (χ1n) is 5.87. The van der Waals surface area contributed by atoms with E-state index in [0.717, 1.165) is 0 Å². The van der Waals surface area contributed by atoms with E-state index in [2.05, 4.69) is 5.32 Å². The van der Waals surface area contributed by atoms with E-state index < -0.39 is 34.9 Å². The van der Waals surface area contributed by atoms with Gasteiger partial charge in [-0.25, -0.2) is 13.2 Å². The predicted octanol–water partition coefficient (Wildman–Crippen LogP) is 1.99. The van der Waals surface area contributed by atoms with Gasteiger partial charge in [0.2, 0.25) is 0 Å². The van der Waals surface area contributed by atoms with Crippen molar-refractivity contribution < 1.29 is 23.1 Å². The van der Waals surface area contributed by atoms with Crippen molar-refractivity contribution in [2.75, 3.05) is 0 Å². The Kier molecular flexibility index (Phi) is 3.30. The molecule has 0 radical (unpaired) electrons. The summed E-state index contributed by atoms with van der Waals surface area (Å²) in [6.07, 6.45) is -0.148. The molecule has 1 aliphatic carbocycles. The Morgan fingerprint density at radius 1 is 1.32 bits per heavy atom. The van der Waals surface area contributed by atoms with Crippen molar-refractivity contribution in [3.05, 3.63) is 35.1 Å². The summed E-state index contributed by atoms with van der Waals surface area (Å²) in [5.74, 6) is -5.10. The summed E-state index contributed by atoms with van der Waals surface area (Å²) in [7, 11) is 0. The highest BCUT2D eigenvalue weighted by Crippen LogP contribution is 2.40. The fourth-order valence-corrected chi connectivity index (χ4v) is 2.08. The highest BCUT2D eigenvalue weighted by Gasteiger charge is 2.48.